The minimum atomic E-state index is -0.00748. The second-order valence-electron chi connectivity index (χ2n) is 7.00. The summed E-state index contributed by atoms with van der Waals surface area (Å²) in [5.74, 6) is 0.779. The second kappa shape index (κ2) is 5.76. The number of fused-ring (bicyclic) bond motifs is 4. The molecule has 5 rings (SSSR count). The van der Waals surface area contributed by atoms with E-state index in [4.69, 9.17) is 4.98 Å². The second-order valence-corrected chi connectivity index (χ2v) is 7.00. The van der Waals surface area contributed by atoms with Crippen molar-refractivity contribution in [2.24, 2.45) is 0 Å². The van der Waals surface area contributed by atoms with E-state index < -0.39 is 0 Å². The van der Waals surface area contributed by atoms with Crippen LogP contribution in [0, 0.1) is 0 Å². The van der Waals surface area contributed by atoms with Gasteiger partial charge >= 0.3 is 0 Å². The van der Waals surface area contributed by atoms with Crippen molar-refractivity contribution in [2.45, 2.75) is 37.9 Å². The van der Waals surface area contributed by atoms with Crippen LogP contribution in [0.2, 0.25) is 0 Å². The number of para-hydroxylation sites is 1. The highest BCUT2D eigenvalue weighted by Crippen LogP contribution is 2.32. The molecule has 6 nitrogen and oxygen atoms in total. The van der Waals surface area contributed by atoms with Crippen LogP contribution in [-0.4, -0.2) is 37.4 Å². The Morgan fingerprint density at radius 1 is 1.08 bits per heavy atom. The van der Waals surface area contributed by atoms with Gasteiger partial charge in [-0.15, -0.1) is 0 Å². The van der Waals surface area contributed by atoms with E-state index >= 15 is 0 Å². The zero-order valence-corrected chi connectivity index (χ0v) is 14.2. The number of hydrogen-bond acceptors (Lipinski definition) is 4. The Hall–Kier alpha value is -3.02. The molecule has 0 radical (unpaired) electrons. The van der Waals surface area contributed by atoms with Crippen molar-refractivity contribution in [2.75, 3.05) is 0 Å². The van der Waals surface area contributed by atoms with Gasteiger partial charge in [0.25, 0.3) is 11.5 Å². The minimum absolute atomic E-state index is 0.00369. The monoisotopic (exact) mass is 346 g/mol. The maximum Gasteiger partial charge on any atom is 0.261 e. The third-order valence-electron chi connectivity index (χ3n) is 5.52. The quantitative estimate of drug-likeness (QED) is 0.676. The summed E-state index contributed by atoms with van der Waals surface area (Å²) in [6.45, 7) is 0.508. The number of aromatic nitrogens is 3. The van der Waals surface area contributed by atoms with Crippen LogP contribution in [-0.2, 0) is 13.0 Å². The molecule has 0 N–H and O–H groups in total. The highest BCUT2D eigenvalue weighted by molar-refractivity contribution is 5.94. The Morgan fingerprint density at radius 2 is 1.92 bits per heavy atom. The molecule has 130 valence electrons. The van der Waals surface area contributed by atoms with Crippen LogP contribution in [0.5, 0.6) is 0 Å². The Kier molecular flexibility index (Phi) is 3.38. The Labute approximate surface area is 150 Å². The summed E-state index contributed by atoms with van der Waals surface area (Å²) in [4.78, 5) is 36.8. The fourth-order valence-corrected chi connectivity index (χ4v) is 4.29. The van der Waals surface area contributed by atoms with Crippen LogP contribution < -0.4 is 5.56 Å². The van der Waals surface area contributed by atoms with E-state index in [0.717, 1.165) is 24.2 Å². The fraction of sp³-hybridized carbons (Fsp3) is 0.300. The highest BCUT2D eigenvalue weighted by atomic mass is 16.2. The van der Waals surface area contributed by atoms with Gasteiger partial charge in [-0.2, -0.15) is 0 Å². The molecule has 0 saturated carbocycles. The summed E-state index contributed by atoms with van der Waals surface area (Å²) in [6.07, 6.45) is 5.74. The number of amides is 1. The molecular formula is C20H18N4O2. The topological polar surface area (TPSA) is 68.1 Å². The molecular weight excluding hydrogens is 328 g/mol. The van der Waals surface area contributed by atoms with Crippen LogP contribution >= 0.6 is 0 Å². The molecule has 2 aliphatic rings. The van der Waals surface area contributed by atoms with Gasteiger partial charge in [-0.3, -0.25) is 19.1 Å². The summed E-state index contributed by atoms with van der Waals surface area (Å²) in [7, 11) is 0. The molecule has 2 aliphatic heterocycles. The van der Waals surface area contributed by atoms with Crippen molar-refractivity contribution >= 4 is 16.8 Å². The van der Waals surface area contributed by atoms with Gasteiger partial charge in [0.05, 0.1) is 22.5 Å². The van der Waals surface area contributed by atoms with E-state index in [1.807, 2.05) is 29.2 Å². The van der Waals surface area contributed by atoms with E-state index in [0.29, 0.717) is 23.9 Å². The van der Waals surface area contributed by atoms with Crippen LogP contribution in [0.25, 0.3) is 10.9 Å². The molecule has 2 bridgehead atoms. The number of carbonyl (C=O) groups excluding carboxylic acids is 1. The third kappa shape index (κ3) is 2.25. The SMILES string of the molecule is O=C(c1cccnc1)N1[C@@H]2CC[C@H]1Cc1nc3ccccc3c(=O)n1C2. The zero-order chi connectivity index (χ0) is 17.7. The summed E-state index contributed by atoms with van der Waals surface area (Å²) in [6, 6.07) is 11.1. The molecule has 0 spiro atoms. The molecule has 4 heterocycles. The first-order valence-corrected chi connectivity index (χ1v) is 8.93. The predicted octanol–water partition coefficient (Wildman–Crippen LogP) is 2.02. The zero-order valence-electron chi connectivity index (χ0n) is 14.2. The number of hydrogen-bond donors (Lipinski definition) is 0. The molecule has 26 heavy (non-hydrogen) atoms. The van der Waals surface area contributed by atoms with Gasteiger partial charge in [0.15, 0.2) is 0 Å². The largest absolute Gasteiger partial charge is 0.330 e. The lowest BCUT2D eigenvalue weighted by molar-refractivity contribution is 0.0665. The number of rotatable bonds is 1. The average Bonchev–Trinajstić information content (AvgIpc) is 2.98. The smallest absolute Gasteiger partial charge is 0.261 e. The molecule has 2 atom stereocenters. The summed E-state index contributed by atoms with van der Waals surface area (Å²) in [5.41, 5.74) is 1.32. The van der Waals surface area contributed by atoms with Crippen molar-refractivity contribution in [3.8, 4) is 0 Å². The first-order chi connectivity index (χ1) is 12.7. The van der Waals surface area contributed by atoms with Crippen molar-refractivity contribution < 1.29 is 4.79 Å². The number of nitrogens with zero attached hydrogens (tertiary/aromatic N) is 4. The number of benzene rings is 1. The normalized spacial score (nSPS) is 21.5. The molecule has 1 saturated heterocycles. The van der Waals surface area contributed by atoms with Gasteiger partial charge in [-0.1, -0.05) is 12.1 Å². The predicted molar refractivity (Wildman–Crippen MR) is 96.9 cm³/mol. The van der Waals surface area contributed by atoms with Crippen molar-refractivity contribution in [1.29, 1.82) is 0 Å². The molecule has 0 aliphatic carbocycles. The Bertz CT molecular complexity index is 1060. The summed E-state index contributed by atoms with van der Waals surface area (Å²) >= 11 is 0. The van der Waals surface area contributed by atoms with Crippen LogP contribution in [0.1, 0.15) is 29.0 Å². The van der Waals surface area contributed by atoms with E-state index in [-0.39, 0.29) is 23.6 Å². The molecule has 2 aromatic heterocycles. The van der Waals surface area contributed by atoms with E-state index in [2.05, 4.69) is 4.98 Å². The minimum Gasteiger partial charge on any atom is -0.330 e. The maximum atomic E-state index is 13.1. The first-order valence-electron chi connectivity index (χ1n) is 8.93. The van der Waals surface area contributed by atoms with Crippen LogP contribution in [0.4, 0.5) is 0 Å². The lowest BCUT2D eigenvalue weighted by Crippen LogP contribution is -2.42. The van der Waals surface area contributed by atoms with Gasteiger partial charge < -0.3 is 4.90 Å². The summed E-state index contributed by atoms with van der Waals surface area (Å²) in [5, 5.41) is 0.638. The van der Waals surface area contributed by atoms with Gasteiger partial charge in [0.2, 0.25) is 0 Å². The number of carbonyl (C=O) groups is 1. The number of pyridine rings is 1. The van der Waals surface area contributed by atoms with Crippen molar-refractivity contribution in [3.05, 3.63) is 70.5 Å². The standard InChI is InChI=1S/C20H18N4O2/c25-19(13-4-3-9-21-11-13)24-14-7-8-15(24)12-23-18(10-14)22-17-6-2-1-5-16(17)20(23)26/h1-6,9,11,14-15H,7-8,10,12H2/t14-,15+/m0/s1. The van der Waals surface area contributed by atoms with Gasteiger partial charge in [0, 0.05) is 31.4 Å². The third-order valence-corrected chi connectivity index (χ3v) is 5.52. The van der Waals surface area contributed by atoms with Gasteiger partial charge in [-0.05, 0) is 37.1 Å². The molecule has 1 fully saturated rings. The molecule has 1 aromatic carbocycles. The van der Waals surface area contributed by atoms with Crippen LogP contribution in [0.15, 0.2) is 53.6 Å². The molecule has 6 heteroatoms. The molecule has 1 amide bonds. The average molecular weight is 346 g/mol. The Balaban J connectivity index is 1.59. The van der Waals surface area contributed by atoms with Gasteiger partial charge in [-0.25, -0.2) is 4.98 Å². The van der Waals surface area contributed by atoms with E-state index in [9.17, 15) is 9.59 Å². The first kappa shape index (κ1) is 15.3. The maximum absolute atomic E-state index is 13.1. The Morgan fingerprint density at radius 3 is 2.77 bits per heavy atom. The van der Waals surface area contributed by atoms with E-state index in [1.165, 1.54) is 0 Å². The molecule has 3 aromatic rings. The highest BCUT2D eigenvalue weighted by Gasteiger charge is 2.41. The lowest BCUT2D eigenvalue weighted by atomic mass is 10.1. The lowest BCUT2D eigenvalue weighted by Gasteiger charge is -2.27. The van der Waals surface area contributed by atoms with Crippen molar-refractivity contribution in [1.82, 2.24) is 19.4 Å². The van der Waals surface area contributed by atoms with Crippen LogP contribution in [0.3, 0.4) is 0 Å². The van der Waals surface area contributed by atoms with E-state index in [1.54, 1.807) is 29.1 Å². The fourth-order valence-electron chi connectivity index (χ4n) is 4.29. The molecule has 0 unspecified atom stereocenters. The van der Waals surface area contributed by atoms with Crippen molar-refractivity contribution in [3.63, 3.8) is 0 Å². The van der Waals surface area contributed by atoms with Gasteiger partial charge in [0.1, 0.15) is 5.82 Å². The summed E-state index contributed by atoms with van der Waals surface area (Å²) < 4.78 is 1.77.